The molecular formula is C34H39N5O4. The summed E-state index contributed by atoms with van der Waals surface area (Å²) in [4.78, 5) is 25.0. The van der Waals surface area contributed by atoms with Crippen LogP contribution in [0.25, 0.3) is 0 Å². The quantitative estimate of drug-likeness (QED) is 0.170. The third kappa shape index (κ3) is 8.02. The number of aromatic nitrogens is 2. The smallest absolute Gasteiger partial charge is 0.262 e. The summed E-state index contributed by atoms with van der Waals surface area (Å²) in [5, 5.41) is 6.22. The van der Waals surface area contributed by atoms with Gasteiger partial charge in [-0.2, -0.15) is 4.98 Å². The van der Waals surface area contributed by atoms with Crippen molar-refractivity contribution in [2.75, 3.05) is 44.0 Å². The molecule has 9 nitrogen and oxygen atoms in total. The lowest BCUT2D eigenvalue weighted by Crippen LogP contribution is -2.31. The van der Waals surface area contributed by atoms with Gasteiger partial charge in [-0.3, -0.25) is 4.79 Å². The molecule has 3 aromatic carbocycles. The summed E-state index contributed by atoms with van der Waals surface area (Å²) in [6, 6.07) is 20.7. The lowest BCUT2D eigenvalue weighted by atomic mass is 10.1. The van der Waals surface area contributed by atoms with E-state index in [-0.39, 0.29) is 23.3 Å². The Bertz CT molecular complexity index is 1520. The van der Waals surface area contributed by atoms with Crippen LogP contribution in [0.5, 0.6) is 23.1 Å². The summed E-state index contributed by atoms with van der Waals surface area (Å²) in [6.45, 7) is 7.99. The molecule has 4 aromatic rings. The first kappa shape index (κ1) is 29.8. The van der Waals surface area contributed by atoms with Crippen LogP contribution in [0.1, 0.15) is 47.2 Å². The highest BCUT2D eigenvalue weighted by Crippen LogP contribution is 2.33. The molecule has 0 bridgehead atoms. The number of anilines is 3. The molecule has 0 spiro atoms. The Labute approximate surface area is 253 Å². The number of rotatable bonds is 12. The van der Waals surface area contributed by atoms with Gasteiger partial charge in [-0.15, -0.1) is 0 Å². The zero-order chi connectivity index (χ0) is 30.0. The van der Waals surface area contributed by atoms with Crippen LogP contribution in [0.15, 0.2) is 72.9 Å². The molecule has 1 aromatic heterocycles. The zero-order valence-corrected chi connectivity index (χ0v) is 25.1. The van der Waals surface area contributed by atoms with Crippen LogP contribution >= 0.6 is 0 Å². The van der Waals surface area contributed by atoms with E-state index < -0.39 is 0 Å². The van der Waals surface area contributed by atoms with Gasteiger partial charge in [0.15, 0.2) is 11.5 Å². The van der Waals surface area contributed by atoms with Crippen molar-refractivity contribution < 1.29 is 19.0 Å². The van der Waals surface area contributed by atoms with Crippen LogP contribution < -0.4 is 24.8 Å². The number of carbonyl (C=O) groups excluding carboxylic acids is 1. The lowest BCUT2D eigenvalue weighted by molar-refractivity contribution is 0.102. The monoisotopic (exact) mass is 581 g/mol. The number of hydrogen-bond donors (Lipinski definition) is 2. The molecule has 43 heavy (non-hydrogen) atoms. The van der Waals surface area contributed by atoms with Gasteiger partial charge in [0.05, 0.1) is 13.7 Å². The molecule has 0 saturated carbocycles. The number of methoxy groups -OCH3 is 1. The van der Waals surface area contributed by atoms with Gasteiger partial charge in [-0.1, -0.05) is 42.8 Å². The molecule has 1 fully saturated rings. The fraction of sp³-hybridized carbons (Fsp3) is 0.324. The third-order valence-corrected chi connectivity index (χ3v) is 7.42. The maximum Gasteiger partial charge on any atom is 0.262 e. The molecule has 0 atom stereocenters. The predicted octanol–water partition coefficient (Wildman–Crippen LogP) is 7.15. The van der Waals surface area contributed by atoms with Crippen LogP contribution in [0, 0.1) is 13.8 Å². The highest BCUT2D eigenvalue weighted by atomic mass is 16.5. The highest BCUT2D eigenvalue weighted by molar-refractivity contribution is 6.06. The van der Waals surface area contributed by atoms with Crippen molar-refractivity contribution in [1.82, 2.24) is 14.9 Å². The van der Waals surface area contributed by atoms with Gasteiger partial charge in [-0.25, -0.2) is 4.98 Å². The molecular weight excluding hydrogens is 542 g/mol. The molecule has 0 unspecified atom stereocenters. The molecule has 9 heteroatoms. The molecule has 1 aliphatic heterocycles. The number of hydrogen-bond acceptors (Lipinski definition) is 8. The largest absolute Gasteiger partial charge is 0.493 e. The van der Waals surface area contributed by atoms with Crippen molar-refractivity contribution in [2.24, 2.45) is 0 Å². The number of likely N-dealkylation sites (tertiary alicyclic amines) is 1. The number of nitrogens with one attached hydrogen (secondary N) is 2. The summed E-state index contributed by atoms with van der Waals surface area (Å²) >= 11 is 0. The summed E-state index contributed by atoms with van der Waals surface area (Å²) < 4.78 is 17.7. The molecule has 224 valence electrons. The van der Waals surface area contributed by atoms with Crippen molar-refractivity contribution in [3.8, 4) is 23.1 Å². The third-order valence-electron chi connectivity index (χ3n) is 7.42. The number of amides is 1. The second-order valence-electron chi connectivity index (χ2n) is 10.6. The summed E-state index contributed by atoms with van der Waals surface area (Å²) in [6.07, 6.45) is 6.37. The SMILES string of the molecule is COc1ccccc1Oc1nc(Nc2cccc(OCCCN3CCCCC3)c2)ncc1C(=O)Nc1c(C)cccc1C. The molecule has 0 radical (unpaired) electrons. The van der Waals surface area contributed by atoms with Crippen LogP contribution in [0.4, 0.5) is 17.3 Å². The van der Waals surface area contributed by atoms with E-state index in [0.29, 0.717) is 18.1 Å². The van der Waals surface area contributed by atoms with Gasteiger partial charge >= 0.3 is 0 Å². The Morgan fingerprint density at radius 1 is 0.930 bits per heavy atom. The summed E-state index contributed by atoms with van der Waals surface area (Å²) in [5.74, 6) is 1.69. The topological polar surface area (TPSA) is 97.8 Å². The average Bonchev–Trinajstić information content (AvgIpc) is 3.02. The minimum atomic E-state index is -0.381. The van der Waals surface area contributed by atoms with Crippen molar-refractivity contribution in [1.29, 1.82) is 0 Å². The standard InChI is InChI=1S/C34H39N5O4/c1-24-12-9-13-25(2)31(24)37-32(40)28-23-35-34(38-33(28)43-30-17-6-5-16-29(30)41-3)36-26-14-10-15-27(22-26)42-21-11-20-39-18-7-4-8-19-39/h5-6,9-10,12-17,22-23H,4,7-8,11,18-21H2,1-3H3,(H,37,40)(H,35,36,38). The van der Waals surface area contributed by atoms with Gasteiger partial charge in [-0.05, 0) is 81.6 Å². The molecule has 1 saturated heterocycles. The van der Waals surface area contributed by atoms with E-state index in [4.69, 9.17) is 14.2 Å². The minimum absolute atomic E-state index is 0.0934. The van der Waals surface area contributed by atoms with Gasteiger partial charge in [0.2, 0.25) is 11.8 Å². The normalized spacial score (nSPS) is 13.3. The van der Waals surface area contributed by atoms with E-state index >= 15 is 0 Å². The van der Waals surface area contributed by atoms with E-state index in [1.807, 2.05) is 68.4 Å². The Kier molecular flexibility index (Phi) is 10.1. The Morgan fingerprint density at radius 3 is 2.44 bits per heavy atom. The fourth-order valence-electron chi connectivity index (χ4n) is 5.11. The maximum atomic E-state index is 13.5. The van der Waals surface area contributed by atoms with Gasteiger partial charge in [0.1, 0.15) is 11.3 Å². The fourth-order valence-corrected chi connectivity index (χ4v) is 5.11. The van der Waals surface area contributed by atoms with Gasteiger partial charge < -0.3 is 29.7 Å². The zero-order valence-electron chi connectivity index (χ0n) is 25.1. The number of aryl methyl sites for hydroxylation is 2. The predicted molar refractivity (Wildman–Crippen MR) is 169 cm³/mol. The maximum absolute atomic E-state index is 13.5. The molecule has 2 heterocycles. The second kappa shape index (κ2) is 14.5. The van der Waals surface area contributed by atoms with Gasteiger partial charge in [0.25, 0.3) is 5.91 Å². The van der Waals surface area contributed by atoms with Crippen molar-refractivity contribution >= 4 is 23.2 Å². The number of carbonyl (C=O) groups is 1. The Morgan fingerprint density at radius 2 is 1.67 bits per heavy atom. The first-order valence-corrected chi connectivity index (χ1v) is 14.8. The highest BCUT2D eigenvalue weighted by Gasteiger charge is 2.20. The van der Waals surface area contributed by atoms with Crippen molar-refractivity contribution in [2.45, 2.75) is 39.5 Å². The molecule has 1 amide bonds. The van der Waals surface area contributed by atoms with E-state index in [9.17, 15) is 4.79 Å². The van der Waals surface area contributed by atoms with Crippen molar-refractivity contribution in [3.05, 3.63) is 89.6 Å². The Hall–Kier alpha value is -4.63. The van der Waals surface area contributed by atoms with E-state index in [1.54, 1.807) is 19.2 Å². The molecule has 2 N–H and O–H groups in total. The lowest BCUT2D eigenvalue weighted by Gasteiger charge is -2.26. The molecule has 1 aliphatic rings. The number of piperidine rings is 1. The van der Waals surface area contributed by atoms with Crippen LogP contribution in [0.2, 0.25) is 0 Å². The number of para-hydroxylation sites is 3. The summed E-state index contributed by atoms with van der Waals surface area (Å²) in [7, 11) is 1.56. The van der Waals surface area contributed by atoms with Crippen LogP contribution in [0.3, 0.4) is 0 Å². The summed E-state index contributed by atoms with van der Waals surface area (Å²) in [5.41, 5.74) is 3.58. The van der Waals surface area contributed by atoms with Crippen LogP contribution in [-0.2, 0) is 0 Å². The number of benzene rings is 3. The van der Waals surface area contributed by atoms with E-state index in [0.717, 1.165) is 41.2 Å². The first-order valence-electron chi connectivity index (χ1n) is 14.8. The molecule has 0 aliphatic carbocycles. The average molecular weight is 582 g/mol. The number of nitrogens with zero attached hydrogens (tertiary/aromatic N) is 3. The van der Waals surface area contributed by atoms with Gasteiger partial charge in [0, 0.05) is 30.2 Å². The number of ether oxygens (including phenoxy) is 3. The van der Waals surface area contributed by atoms with Crippen LogP contribution in [-0.4, -0.2) is 54.1 Å². The van der Waals surface area contributed by atoms with Crippen molar-refractivity contribution in [3.63, 3.8) is 0 Å². The molecule has 5 rings (SSSR count). The Balaban J connectivity index is 1.32. The van der Waals surface area contributed by atoms with E-state index in [2.05, 4.69) is 25.5 Å². The second-order valence-corrected chi connectivity index (χ2v) is 10.6. The van der Waals surface area contributed by atoms with E-state index in [1.165, 1.54) is 38.5 Å². The minimum Gasteiger partial charge on any atom is -0.493 e. The first-order chi connectivity index (χ1) is 21.0.